The fourth-order valence-electron chi connectivity index (χ4n) is 1.99. The maximum Gasteiger partial charge on any atom is 0.227 e. The van der Waals surface area contributed by atoms with Gasteiger partial charge in [-0.1, -0.05) is 18.2 Å². The van der Waals surface area contributed by atoms with Crippen LogP contribution in [0, 0.1) is 0 Å². The number of likely N-dealkylation sites (N-methyl/N-ethyl adjacent to an activating group) is 1. The van der Waals surface area contributed by atoms with Crippen molar-refractivity contribution in [1.82, 2.24) is 9.88 Å². The molecule has 0 aliphatic carbocycles. The number of pyridine rings is 1. The number of hydrogen-bond donors (Lipinski definition) is 1. The first kappa shape index (κ1) is 14.1. The molecule has 0 spiro atoms. The van der Waals surface area contributed by atoms with E-state index in [1.165, 1.54) is 0 Å². The second kappa shape index (κ2) is 6.19. The first-order valence-corrected chi connectivity index (χ1v) is 6.51. The highest BCUT2D eigenvalue weighted by molar-refractivity contribution is 5.78. The van der Waals surface area contributed by atoms with E-state index in [1.54, 1.807) is 36.5 Å². The number of carbonyl (C=O) groups excluding carboxylic acids is 1. The van der Waals surface area contributed by atoms with Crippen molar-refractivity contribution >= 4 is 5.91 Å². The van der Waals surface area contributed by atoms with Crippen LogP contribution in [0.15, 0.2) is 48.8 Å². The van der Waals surface area contributed by atoms with Crippen LogP contribution >= 0.6 is 0 Å². The second-order valence-corrected chi connectivity index (χ2v) is 4.81. The Morgan fingerprint density at radius 1 is 1.30 bits per heavy atom. The average molecular weight is 270 g/mol. The Labute approximate surface area is 118 Å². The lowest BCUT2D eigenvalue weighted by atomic mass is 10.1. The zero-order valence-electron chi connectivity index (χ0n) is 11.7. The Bertz CT molecular complexity index is 567. The molecule has 2 rings (SSSR count). The number of aromatic nitrogens is 1. The smallest absolute Gasteiger partial charge is 0.227 e. The normalized spacial score (nSPS) is 11.9. The van der Waals surface area contributed by atoms with Gasteiger partial charge in [-0.3, -0.25) is 9.78 Å². The predicted molar refractivity (Wildman–Crippen MR) is 77.2 cm³/mol. The Kier molecular flexibility index (Phi) is 4.35. The van der Waals surface area contributed by atoms with E-state index >= 15 is 0 Å². The van der Waals surface area contributed by atoms with Gasteiger partial charge in [-0.25, -0.2) is 0 Å². The lowest BCUT2D eigenvalue weighted by molar-refractivity contribution is -0.131. The van der Waals surface area contributed by atoms with E-state index in [0.717, 1.165) is 11.1 Å². The third-order valence-electron chi connectivity index (χ3n) is 3.43. The number of aromatic hydroxyl groups is 1. The van der Waals surface area contributed by atoms with Gasteiger partial charge in [0.05, 0.1) is 12.5 Å². The molecule has 104 valence electrons. The van der Waals surface area contributed by atoms with Crippen LogP contribution in [0.4, 0.5) is 0 Å². The van der Waals surface area contributed by atoms with Crippen LogP contribution in [-0.2, 0) is 11.2 Å². The summed E-state index contributed by atoms with van der Waals surface area (Å²) in [6.45, 7) is 1.97. The molecule has 1 heterocycles. The van der Waals surface area contributed by atoms with E-state index in [4.69, 9.17) is 0 Å². The molecule has 0 radical (unpaired) electrons. The highest BCUT2D eigenvalue weighted by Gasteiger charge is 2.17. The Hall–Kier alpha value is -2.36. The molecule has 1 aromatic carbocycles. The lowest BCUT2D eigenvalue weighted by Gasteiger charge is -2.25. The number of phenolic OH excluding ortho intramolecular Hbond substituents is 1. The van der Waals surface area contributed by atoms with Gasteiger partial charge in [-0.05, 0) is 36.2 Å². The van der Waals surface area contributed by atoms with Gasteiger partial charge in [-0.2, -0.15) is 0 Å². The number of carbonyl (C=O) groups is 1. The van der Waals surface area contributed by atoms with Crippen molar-refractivity contribution in [3.05, 3.63) is 59.9 Å². The van der Waals surface area contributed by atoms with E-state index in [1.807, 2.05) is 31.2 Å². The Morgan fingerprint density at radius 3 is 2.60 bits per heavy atom. The summed E-state index contributed by atoms with van der Waals surface area (Å²) in [5.74, 6) is 0.267. The van der Waals surface area contributed by atoms with Crippen LogP contribution < -0.4 is 0 Å². The van der Waals surface area contributed by atoms with Gasteiger partial charge in [-0.15, -0.1) is 0 Å². The molecule has 1 N–H and O–H groups in total. The molecule has 1 amide bonds. The standard InChI is InChI=1S/C16H18N2O2/c1-12(14-5-7-15(19)8-6-14)18(2)16(20)10-13-4-3-9-17-11-13/h3-9,11-12,19H,10H2,1-2H3. The third-order valence-corrected chi connectivity index (χ3v) is 3.43. The number of benzene rings is 1. The molecule has 2 aromatic rings. The van der Waals surface area contributed by atoms with Crippen molar-refractivity contribution < 1.29 is 9.90 Å². The van der Waals surface area contributed by atoms with E-state index in [2.05, 4.69) is 4.98 Å². The van der Waals surface area contributed by atoms with Crippen molar-refractivity contribution in [2.75, 3.05) is 7.05 Å². The molecule has 0 fully saturated rings. The maximum atomic E-state index is 12.2. The molecule has 0 bridgehead atoms. The van der Waals surface area contributed by atoms with Gasteiger partial charge in [0.25, 0.3) is 0 Å². The van der Waals surface area contributed by atoms with Crippen LogP contribution in [-0.4, -0.2) is 27.9 Å². The zero-order chi connectivity index (χ0) is 14.5. The second-order valence-electron chi connectivity index (χ2n) is 4.81. The summed E-state index contributed by atoms with van der Waals surface area (Å²) in [6.07, 6.45) is 3.74. The number of amides is 1. The van der Waals surface area contributed by atoms with E-state index < -0.39 is 0 Å². The van der Waals surface area contributed by atoms with E-state index in [9.17, 15) is 9.90 Å². The molecule has 1 aromatic heterocycles. The predicted octanol–water partition coefficient (Wildman–Crippen LogP) is 2.55. The van der Waals surface area contributed by atoms with Crippen LogP contribution in [0.5, 0.6) is 5.75 Å². The molecule has 0 saturated carbocycles. The van der Waals surface area contributed by atoms with Gasteiger partial charge < -0.3 is 10.0 Å². The molecule has 0 aliphatic rings. The minimum absolute atomic E-state index is 0.0403. The minimum atomic E-state index is -0.0419. The van der Waals surface area contributed by atoms with Crippen molar-refractivity contribution in [3.63, 3.8) is 0 Å². The monoisotopic (exact) mass is 270 g/mol. The fraction of sp³-hybridized carbons (Fsp3) is 0.250. The molecular formula is C16H18N2O2. The Morgan fingerprint density at radius 2 is 2.00 bits per heavy atom. The largest absolute Gasteiger partial charge is 0.508 e. The molecule has 1 atom stereocenters. The summed E-state index contributed by atoms with van der Waals surface area (Å²) in [5, 5.41) is 9.29. The summed E-state index contributed by atoms with van der Waals surface area (Å²) in [7, 11) is 1.79. The van der Waals surface area contributed by atoms with Crippen molar-refractivity contribution in [1.29, 1.82) is 0 Å². The SMILES string of the molecule is CC(c1ccc(O)cc1)N(C)C(=O)Cc1cccnc1. The highest BCUT2D eigenvalue weighted by Crippen LogP contribution is 2.21. The molecular weight excluding hydrogens is 252 g/mol. The van der Waals surface area contributed by atoms with Crippen molar-refractivity contribution in [3.8, 4) is 5.75 Å². The van der Waals surface area contributed by atoms with Crippen LogP contribution in [0.2, 0.25) is 0 Å². The van der Waals surface area contributed by atoms with E-state index in [0.29, 0.717) is 6.42 Å². The summed E-state index contributed by atoms with van der Waals surface area (Å²) in [4.78, 5) is 18.0. The molecule has 20 heavy (non-hydrogen) atoms. The van der Waals surface area contributed by atoms with Gasteiger partial charge >= 0.3 is 0 Å². The van der Waals surface area contributed by atoms with E-state index in [-0.39, 0.29) is 17.7 Å². The fourth-order valence-corrected chi connectivity index (χ4v) is 1.99. The highest BCUT2D eigenvalue weighted by atomic mass is 16.3. The first-order valence-electron chi connectivity index (χ1n) is 6.51. The van der Waals surface area contributed by atoms with Gasteiger partial charge in [0.2, 0.25) is 5.91 Å². The average Bonchev–Trinajstić information content (AvgIpc) is 2.47. The molecule has 1 unspecified atom stereocenters. The van der Waals surface area contributed by atoms with Crippen LogP contribution in [0.3, 0.4) is 0 Å². The quantitative estimate of drug-likeness (QED) is 0.929. The topological polar surface area (TPSA) is 53.4 Å². The molecule has 0 saturated heterocycles. The summed E-state index contributed by atoms with van der Waals surface area (Å²) >= 11 is 0. The minimum Gasteiger partial charge on any atom is -0.508 e. The lowest BCUT2D eigenvalue weighted by Crippen LogP contribution is -2.30. The van der Waals surface area contributed by atoms with Crippen LogP contribution in [0.25, 0.3) is 0 Å². The Balaban J connectivity index is 2.04. The zero-order valence-corrected chi connectivity index (χ0v) is 11.7. The van der Waals surface area contributed by atoms with Gasteiger partial charge in [0, 0.05) is 19.4 Å². The summed E-state index contributed by atoms with van der Waals surface area (Å²) < 4.78 is 0. The molecule has 0 aliphatic heterocycles. The van der Waals surface area contributed by atoms with Crippen LogP contribution in [0.1, 0.15) is 24.1 Å². The molecule has 4 nitrogen and oxygen atoms in total. The van der Waals surface area contributed by atoms with Gasteiger partial charge in [0.15, 0.2) is 0 Å². The number of hydrogen-bond acceptors (Lipinski definition) is 3. The van der Waals surface area contributed by atoms with Gasteiger partial charge in [0.1, 0.15) is 5.75 Å². The third kappa shape index (κ3) is 3.35. The van der Waals surface area contributed by atoms with Crippen molar-refractivity contribution in [2.45, 2.75) is 19.4 Å². The summed E-state index contributed by atoms with van der Waals surface area (Å²) in [5.41, 5.74) is 1.90. The maximum absolute atomic E-state index is 12.2. The summed E-state index contributed by atoms with van der Waals surface area (Å²) in [6, 6.07) is 10.6. The van der Waals surface area contributed by atoms with Crippen molar-refractivity contribution in [2.24, 2.45) is 0 Å². The molecule has 4 heteroatoms. The number of rotatable bonds is 4. The first-order chi connectivity index (χ1) is 9.58. The number of phenols is 1. The number of nitrogens with zero attached hydrogens (tertiary/aromatic N) is 2.